The number of hydrogen-bond acceptors (Lipinski definition) is 0. The zero-order valence-corrected chi connectivity index (χ0v) is 5.11. The summed E-state index contributed by atoms with van der Waals surface area (Å²) in [6.07, 6.45) is 0. The van der Waals surface area contributed by atoms with Crippen LogP contribution in [0.4, 0.5) is 0 Å². The van der Waals surface area contributed by atoms with Gasteiger partial charge in [0, 0.05) is 0 Å². The standard InChI is InChI=1S/CH8B6/c1-3-5-7-6-4-2/h4-7H,1-2H2. The van der Waals surface area contributed by atoms with Crippen molar-refractivity contribution in [3.8, 4) is 0 Å². The van der Waals surface area contributed by atoms with Gasteiger partial charge in [0.1, 0.15) is 0 Å². The summed E-state index contributed by atoms with van der Waals surface area (Å²) in [6, 6.07) is 0. The zero-order valence-electron chi connectivity index (χ0n) is 5.11. The van der Waals surface area contributed by atoms with Crippen LogP contribution in [0.25, 0.3) is 0 Å². The van der Waals surface area contributed by atoms with Crippen molar-refractivity contribution in [3.05, 3.63) is 0 Å². The predicted octanol–water partition coefficient (Wildman–Crippen LogP) is -3.92. The summed E-state index contributed by atoms with van der Waals surface area (Å²) in [7, 11) is 7.39. The van der Waals surface area contributed by atoms with Crippen LogP contribution in [0.1, 0.15) is 0 Å². The third-order valence-electron chi connectivity index (χ3n) is 1.01. The van der Waals surface area contributed by atoms with Crippen LogP contribution in [0, 0.1) is 0 Å². The average molecular weight is 84.9 g/mol. The second kappa shape index (κ2) is 6.26. The van der Waals surface area contributed by atoms with Crippen molar-refractivity contribution in [1.29, 1.82) is 0 Å². The van der Waals surface area contributed by atoms with E-state index < -0.39 is 0 Å². The second-order valence-corrected chi connectivity index (χ2v) is 1.78. The summed E-state index contributed by atoms with van der Waals surface area (Å²) in [5.41, 5.74) is 0. The first-order valence-corrected chi connectivity index (χ1v) is 3.02. The molecule has 0 aromatic carbocycles. The monoisotopic (exact) mass is 86.1 g/mol. The van der Waals surface area contributed by atoms with Crippen LogP contribution in [0.5, 0.6) is 0 Å². The van der Waals surface area contributed by atoms with Gasteiger partial charge in [0.05, 0.1) is 0 Å². The van der Waals surface area contributed by atoms with Crippen LogP contribution >= 0.6 is 0 Å². The molecular formula is CH8B6. The minimum absolute atomic E-state index is 1.19. The summed E-state index contributed by atoms with van der Waals surface area (Å²) in [6.45, 7) is 5.61. The molecule has 0 N–H and O–H groups in total. The SMILES string of the molecule is BBBBBB=C. The average Bonchev–Trinajstić information content (AvgIpc) is 1.69. The van der Waals surface area contributed by atoms with E-state index in [4.69, 9.17) is 0 Å². The number of rotatable bonds is 4. The Hall–Kier alpha value is 0.260. The zero-order chi connectivity index (χ0) is 5.54. The molecule has 0 fully saturated rings. The third-order valence-corrected chi connectivity index (χ3v) is 1.01. The first kappa shape index (κ1) is 7.26. The quantitative estimate of drug-likeness (QED) is 0.241. The fourth-order valence-corrected chi connectivity index (χ4v) is 0.539. The van der Waals surface area contributed by atoms with Crippen molar-refractivity contribution < 1.29 is 0 Å². The van der Waals surface area contributed by atoms with Crippen LogP contribution in [-0.4, -0.2) is 49.3 Å². The first-order valence-electron chi connectivity index (χ1n) is 3.02. The number of hydrogen-bond donors (Lipinski definition) is 0. The van der Waals surface area contributed by atoms with Gasteiger partial charge in [-0.05, 0) is 0 Å². The van der Waals surface area contributed by atoms with E-state index in [2.05, 4.69) is 14.2 Å². The van der Waals surface area contributed by atoms with Gasteiger partial charge in [-0.3, -0.25) is 0 Å². The van der Waals surface area contributed by atoms with Gasteiger partial charge in [-0.2, -0.15) is 0 Å². The van der Waals surface area contributed by atoms with Crippen LogP contribution in [-0.2, 0) is 0 Å². The van der Waals surface area contributed by atoms with Gasteiger partial charge in [-0.1, -0.05) is 0 Å². The summed E-state index contributed by atoms with van der Waals surface area (Å²) < 4.78 is 0. The van der Waals surface area contributed by atoms with Crippen molar-refractivity contribution in [3.63, 3.8) is 0 Å². The van der Waals surface area contributed by atoms with Gasteiger partial charge in [0.2, 0.25) is 0 Å². The van der Waals surface area contributed by atoms with Crippen molar-refractivity contribution in [2.24, 2.45) is 0 Å². The molecule has 0 heterocycles. The topological polar surface area (TPSA) is 0 Å². The Labute approximate surface area is 50.0 Å². The minimum atomic E-state index is 1.19. The Bertz CT molecular complexity index is 41.4. The fraction of sp³-hybridized carbons (Fsp3) is 0. The predicted molar refractivity (Wildman–Crippen MR) is 50.0 cm³/mol. The molecule has 0 aliphatic rings. The molecule has 0 saturated heterocycles. The Morgan fingerprint density at radius 2 is 2.14 bits per heavy atom. The molecule has 0 aliphatic carbocycles. The van der Waals surface area contributed by atoms with E-state index in [1.54, 1.807) is 0 Å². The van der Waals surface area contributed by atoms with Crippen LogP contribution in [0.3, 0.4) is 0 Å². The van der Waals surface area contributed by atoms with Crippen molar-refractivity contribution in [2.75, 3.05) is 0 Å². The van der Waals surface area contributed by atoms with E-state index >= 15 is 0 Å². The molecule has 0 unspecified atom stereocenters. The van der Waals surface area contributed by atoms with Gasteiger partial charge in [-0.25, -0.2) is 0 Å². The van der Waals surface area contributed by atoms with Crippen molar-refractivity contribution in [2.45, 2.75) is 0 Å². The van der Waals surface area contributed by atoms with E-state index in [9.17, 15) is 0 Å². The molecular weight excluding hydrogens is 76.9 g/mol. The van der Waals surface area contributed by atoms with Crippen LogP contribution in [0.15, 0.2) is 0 Å². The van der Waals surface area contributed by atoms with Gasteiger partial charge in [0.25, 0.3) is 0 Å². The molecule has 0 amide bonds. The molecule has 0 rings (SSSR count). The molecule has 0 aliphatic heterocycles. The van der Waals surface area contributed by atoms with Gasteiger partial charge in [0.15, 0.2) is 0 Å². The van der Waals surface area contributed by atoms with E-state index in [-0.39, 0.29) is 0 Å². The Morgan fingerprint density at radius 3 is 2.57 bits per heavy atom. The van der Waals surface area contributed by atoms with E-state index in [0.29, 0.717) is 0 Å². The van der Waals surface area contributed by atoms with Crippen LogP contribution in [0.2, 0.25) is 0 Å². The third kappa shape index (κ3) is 6.26. The molecule has 0 aromatic heterocycles. The summed E-state index contributed by atoms with van der Waals surface area (Å²) in [5, 5.41) is 0. The van der Waals surface area contributed by atoms with Crippen molar-refractivity contribution in [1.82, 2.24) is 0 Å². The first-order chi connectivity index (χ1) is 3.41. The fourth-order valence-electron chi connectivity index (χ4n) is 0.539. The Kier molecular flexibility index (Phi) is 6.49. The molecule has 0 atom stereocenters. The maximum absolute atomic E-state index is 3.63. The molecule has 0 bridgehead atoms. The molecule has 6 heteroatoms. The molecule has 30 valence electrons. The summed E-state index contributed by atoms with van der Waals surface area (Å²) in [4.78, 5) is 0. The second-order valence-electron chi connectivity index (χ2n) is 1.78. The Balaban J connectivity index is 2.56. The molecule has 0 radical (unpaired) electrons. The van der Waals surface area contributed by atoms with E-state index in [1.165, 1.54) is 28.2 Å². The van der Waals surface area contributed by atoms with E-state index in [0.717, 1.165) is 0 Å². The molecule has 7 heavy (non-hydrogen) atoms. The van der Waals surface area contributed by atoms with Crippen molar-refractivity contribution >= 4 is 49.3 Å². The molecule has 0 spiro atoms. The maximum atomic E-state index is 3.63. The van der Waals surface area contributed by atoms with Crippen LogP contribution < -0.4 is 0 Å². The van der Waals surface area contributed by atoms with E-state index in [1.807, 2.05) is 6.81 Å². The molecule has 0 aromatic rings. The van der Waals surface area contributed by atoms with Gasteiger partial charge >= 0.3 is 49.3 Å². The van der Waals surface area contributed by atoms with Gasteiger partial charge in [-0.15, -0.1) is 0 Å². The summed E-state index contributed by atoms with van der Waals surface area (Å²) in [5.74, 6) is 0. The Morgan fingerprint density at radius 1 is 1.43 bits per heavy atom. The normalized spacial score (nSPS) is 5.71. The molecule has 0 saturated carbocycles. The summed E-state index contributed by atoms with van der Waals surface area (Å²) >= 11 is 0. The van der Waals surface area contributed by atoms with Gasteiger partial charge < -0.3 is 0 Å². The molecule has 0 nitrogen and oxygen atoms in total.